The van der Waals surface area contributed by atoms with Crippen LogP contribution in [0.2, 0.25) is 0 Å². The molecule has 2 fully saturated rings. The number of likely N-dealkylation sites (N-methyl/N-ethyl adjacent to an activating group) is 2. The van der Waals surface area contributed by atoms with Crippen molar-refractivity contribution in [3.05, 3.63) is 23.3 Å². The van der Waals surface area contributed by atoms with Crippen LogP contribution in [0.25, 0.3) is 0 Å². The number of likely N-dealkylation sites (tertiary alicyclic amines) is 2. The topological polar surface area (TPSA) is 65.6 Å². The van der Waals surface area contributed by atoms with Gasteiger partial charge in [0.05, 0.1) is 13.7 Å². The van der Waals surface area contributed by atoms with Gasteiger partial charge in [0.25, 0.3) is 0 Å². The number of ether oxygens (including phenoxy) is 2. The molecule has 36 heavy (non-hydrogen) atoms. The first-order valence-corrected chi connectivity index (χ1v) is 13.9. The number of piperidine rings is 1. The predicted octanol–water partition coefficient (Wildman–Crippen LogP) is 3.20. The number of aryl methyl sites for hydroxylation is 2. The molecule has 2 amide bonds. The Balaban J connectivity index is 1.36. The average Bonchev–Trinajstić information content (AvgIpc) is 3.40. The molecule has 1 unspecified atom stereocenters. The molecule has 2 aliphatic rings. The summed E-state index contributed by atoms with van der Waals surface area (Å²) >= 11 is 1.68. The van der Waals surface area contributed by atoms with Crippen molar-refractivity contribution in [2.24, 2.45) is 0 Å². The first kappa shape index (κ1) is 28.8. The van der Waals surface area contributed by atoms with Crippen LogP contribution >= 0.6 is 11.9 Å². The predicted molar refractivity (Wildman–Crippen MR) is 144 cm³/mol. The molecular formula is C27H44N4O4S. The van der Waals surface area contributed by atoms with Crippen LogP contribution in [0.4, 0.5) is 0 Å². The Labute approximate surface area is 221 Å². The Morgan fingerprint density at radius 2 is 1.78 bits per heavy atom. The van der Waals surface area contributed by atoms with Crippen molar-refractivity contribution in [2.75, 3.05) is 73.7 Å². The summed E-state index contributed by atoms with van der Waals surface area (Å²) in [5.41, 5.74) is 2.36. The fourth-order valence-corrected chi connectivity index (χ4v) is 5.83. The van der Waals surface area contributed by atoms with Crippen molar-refractivity contribution >= 4 is 23.8 Å². The molecule has 202 valence electrons. The molecular weight excluding hydrogens is 476 g/mol. The number of methoxy groups -OCH3 is 1. The van der Waals surface area contributed by atoms with Gasteiger partial charge >= 0.3 is 0 Å². The quantitative estimate of drug-likeness (QED) is 0.310. The Morgan fingerprint density at radius 3 is 2.44 bits per heavy atom. The number of amides is 2. The molecule has 3 rings (SSSR count). The van der Waals surface area contributed by atoms with Crippen LogP contribution < -0.4 is 4.74 Å². The summed E-state index contributed by atoms with van der Waals surface area (Å²) in [5, 5.41) is 0. The molecule has 1 aromatic rings. The summed E-state index contributed by atoms with van der Waals surface area (Å²) in [6, 6.07) is 4.15. The van der Waals surface area contributed by atoms with Gasteiger partial charge in [0.1, 0.15) is 12.4 Å². The van der Waals surface area contributed by atoms with Crippen LogP contribution in [0.1, 0.15) is 43.2 Å². The van der Waals surface area contributed by atoms with Gasteiger partial charge < -0.3 is 24.2 Å². The van der Waals surface area contributed by atoms with Crippen LogP contribution in [0.3, 0.4) is 0 Å². The number of hydrogen-bond donors (Lipinski definition) is 0. The van der Waals surface area contributed by atoms with Crippen molar-refractivity contribution in [3.8, 4) is 5.75 Å². The monoisotopic (exact) mass is 520 g/mol. The lowest BCUT2D eigenvalue weighted by Gasteiger charge is -2.38. The summed E-state index contributed by atoms with van der Waals surface area (Å²) in [4.78, 5) is 32.8. The molecule has 2 aliphatic heterocycles. The first-order chi connectivity index (χ1) is 17.3. The van der Waals surface area contributed by atoms with Crippen molar-refractivity contribution in [1.29, 1.82) is 0 Å². The number of rotatable bonds is 12. The zero-order chi connectivity index (χ0) is 26.1. The maximum atomic E-state index is 12.8. The third-order valence-corrected chi connectivity index (χ3v) is 8.54. The molecule has 9 heteroatoms. The van der Waals surface area contributed by atoms with E-state index in [2.05, 4.69) is 23.1 Å². The Kier molecular flexibility index (Phi) is 11.4. The van der Waals surface area contributed by atoms with E-state index in [0.29, 0.717) is 26.1 Å². The second-order valence-electron chi connectivity index (χ2n) is 10.0. The van der Waals surface area contributed by atoms with Crippen LogP contribution in [0.15, 0.2) is 17.0 Å². The number of hydrogen-bond acceptors (Lipinski definition) is 7. The van der Waals surface area contributed by atoms with Crippen LogP contribution in [-0.2, 0) is 14.3 Å². The van der Waals surface area contributed by atoms with Crippen molar-refractivity contribution in [3.63, 3.8) is 0 Å². The van der Waals surface area contributed by atoms with Crippen LogP contribution in [0, 0.1) is 13.8 Å². The van der Waals surface area contributed by atoms with E-state index in [-0.39, 0.29) is 24.5 Å². The SMILES string of the molecule is COc1cc(C)c(SN(C)CCOCC(=O)N(C)C2CCCN(C(=O)CCN3CCCC3)C2)c(C)c1. The molecule has 8 nitrogen and oxygen atoms in total. The second-order valence-corrected chi connectivity index (χ2v) is 11.2. The van der Waals surface area contributed by atoms with Gasteiger partial charge in [-0.15, -0.1) is 0 Å². The number of benzene rings is 1. The summed E-state index contributed by atoms with van der Waals surface area (Å²) in [6.45, 7) is 9.92. The fourth-order valence-electron chi connectivity index (χ4n) is 4.95. The van der Waals surface area contributed by atoms with Crippen LogP contribution in [-0.4, -0.2) is 111 Å². The molecule has 2 heterocycles. The lowest BCUT2D eigenvalue weighted by Crippen LogP contribution is -2.51. The maximum Gasteiger partial charge on any atom is 0.248 e. The van der Waals surface area contributed by atoms with Gasteiger partial charge in [-0.2, -0.15) is 0 Å². The minimum Gasteiger partial charge on any atom is -0.497 e. The van der Waals surface area contributed by atoms with E-state index in [9.17, 15) is 9.59 Å². The Morgan fingerprint density at radius 1 is 1.08 bits per heavy atom. The Bertz CT molecular complexity index is 854. The van der Waals surface area contributed by atoms with Gasteiger partial charge in [0, 0.05) is 50.6 Å². The van der Waals surface area contributed by atoms with E-state index in [1.807, 2.05) is 31.1 Å². The van der Waals surface area contributed by atoms with Gasteiger partial charge in [0.15, 0.2) is 0 Å². The van der Waals surface area contributed by atoms with E-state index < -0.39 is 0 Å². The van der Waals surface area contributed by atoms with E-state index in [1.54, 1.807) is 24.0 Å². The molecule has 0 spiro atoms. The highest BCUT2D eigenvalue weighted by Crippen LogP contribution is 2.31. The van der Waals surface area contributed by atoms with Crippen molar-refractivity contribution in [2.45, 2.75) is 56.9 Å². The fraction of sp³-hybridized carbons (Fsp3) is 0.704. The maximum absolute atomic E-state index is 12.8. The van der Waals surface area contributed by atoms with Gasteiger partial charge in [-0.1, -0.05) is 0 Å². The third-order valence-electron chi connectivity index (χ3n) is 7.22. The molecule has 1 aromatic carbocycles. The summed E-state index contributed by atoms with van der Waals surface area (Å²) in [7, 11) is 5.55. The summed E-state index contributed by atoms with van der Waals surface area (Å²) in [5.74, 6) is 1.06. The molecule has 0 N–H and O–H groups in total. The standard InChI is InChI=1S/C27H44N4O4S/c1-21-17-24(34-5)18-22(2)27(21)36-28(3)15-16-35-20-26(33)29(4)23-9-8-13-31(19-23)25(32)10-14-30-11-6-7-12-30/h17-18,23H,6-16,19-20H2,1-5H3. The summed E-state index contributed by atoms with van der Waals surface area (Å²) in [6.07, 6.45) is 4.93. The highest BCUT2D eigenvalue weighted by Gasteiger charge is 2.28. The Hall–Kier alpha value is -1.81. The van der Waals surface area contributed by atoms with E-state index in [4.69, 9.17) is 9.47 Å². The van der Waals surface area contributed by atoms with Crippen molar-refractivity contribution in [1.82, 2.24) is 19.0 Å². The number of nitrogens with zero attached hydrogens (tertiary/aromatic N) is 4. The molecule has 0 aromatic heterocycles. The molecule has 0 aliphatic carbocycles. The average molecular weight is 521 g/mol. The zero-order valence-corrected chi connectivity index (χ0v) is 23.6. The number of carbonyl (C=O) groups excluding carboxylic acids is 2. The number of carbonyl (C=O) groups is 2. The lowest BCUT2D eigenvalue weighted by molar-refractivity contribution is -0.141. The second kappa shape index (κ2) is 14.2. The summed E-state index contributed by atoms with van der Waals surface area (Å²) < 4.78 is 13.2. The first-order valence-electron chi connectivity index (χ1n) is 13.2. The smallest absolute Gasteiger partial charge is 0.248 e. The molecule has 0 radical (unpaired) electrons. The highest BCUT2D eigenvalue weighted by atomic mass is 32.2. The van der Waals surface area contributed by atoms with Gasteiger partial charge in [-0.05, 0) is 94.9 Å². The molecule has 2 saturated heterocycles. The van der Waals surface area contributed by atoms with E-state index >= 15 is 0 Å². The van der Waals surface area contributed by atoms with Gasteiger partial charge in [-0.3, -0.25) is 9.59 Å². The molecule has 1 atom stereocenters. The van der Waals surface area contributed by atoms with Gasteiger partial charge in [-0.25, -0.2) is 4.31 Å². The zero-order valence-electron chi connectivity index (χ0n) is 22.8. The molecule has 0 bridgehead atoms. The highest BCUT2D eigenvalue weighted by molar-refractivity contribution is 7.97. The third kappa shape index (κ3) is 8.36. The molecule has 0 saturated carbocycles. The van der Waals surface area contributed by atoms with E-state index in [1.165, 1.54) is 28.9 Å². The largest absolute Gasteiger partial charge is 0.497 e. The lowest BCUT2D eigenvalue weighted by atomic mass is 10.0. The van der Waals surface area contributed by atoms with Crippen molar-refractivity contribution < 1.29 is 19.1 Å². The normalized spacial score (nSPS) is 18.6. The van der Waals surface area contributed by atoms with Gasteiger partial charge in [0.2, 0.25) is 11.8 Å². The minimum atomic E-state index is -0.0245. The van der Waals surface area contributed by atoms with Crippen LogP contribution in [0.5, 0.6) is 5.75 Å². The minimum absolute atomic E-state index is 0.0245. The van der Waals surface area contributed by atoms with E-state index in [0.717, 1.165) is 44.8 Å².